The van der Waals surface area contributed by atoms with E-state index in [-0.39, 0.29) is 17.7 Å². The predicted molar refractivity (Wildman–Crippen MR) is 89.4 cm³/mol. The lowest BCUT2D eigenvalue weighted by Gasteiger charge is -2.12. The van der Waals surface area contributed by atoms with Crippen LogP contribution in [0.15, 0.2) is 48.7 Å². The van der Waals surface area contributed by atoms with Gasteiger partial charge in [0.25, 0.3) is 0 Å². The van der Waals surface area contributed by atoms with Crippen LogP contribution < -0.4 is 0 Å². The molecule has 0 fully saturated rings. The number of carbonyl (C=O) groups excluding carboxylic acids is 1. The Labute approximate surface area is 143 Å². The van der Waals surface area contributed by atoms with Crippen molar-refractivity contribution < 1.29 is 14.3 Å². The average molecular weight is 345 g/mol. The molecular weight excluding hydrogens is 331 g/mol. The maximum Gasteiger partial charge on any atom is 0.196 e. The predicted octanol–water partition coefficient (Wildman–Crippen LogP) is 3.60. The smallest absolute Gasteiger partial charge is 0.196 e. The molecule has 24 heavy (non-hydrogen) atoms. The SMILES string of the molecule is Cn1ncc(CO)c1-c1ccc(Cl)cc1C(=O)c1ccccc1F. The normalized spacial score (nSPS) is 10.8. The van der Waals surface area contributed by atoms with Crippen LogP contribution in [-0.2, 0) is 13.7 Å². The summed E-state index contributed by atoms with van der Waals surface area (Å²) in [6.45, 7) is -0.223. The van der Waals surface area contributed by atoms with Crippen LogP contribution in [0.1, 0.15) is 21.5 Å². The Morgan fingerprint density at radius 2 is 2.00 bits per heavy atom. The third kappa shape index (κ3) is 2.84. The molecule has 2 aromatic carbocycles. The van der Waals surface area contributed by atoms with Crippen LogP contribution in [0.4, 0.5) is 4.39 Å². The van der Waals surface area contributed by atoms with Gasteiger partial charge < -0.3 is 5.11 Å². The summed E-state index contributed by atoms with van der Waals surface area (Å²) >= 11 is 6.05. The van der Waals surface area contributed by atoms with Crippen molar-refractivity contribution in [3.05, 3.63) is 76.2 Å². The van der Waals surface area contributed by atoms with Crippen LogP contribution in [0.25, 0.3) is 11.3 Å². The van der Waals surface area contributed by atoms with Crippen molar-refractivity contribution in [2.75, 3.05) is 0 Å². The van der Waals surface area contributed by atoms with Crippen molar-refractivity contribution in [2.24, 2.45) is 7.05 Å². The standard InChI is InChI=1S/C18H14ClFN2O2/c1-22-17(11(10-23)9-21-22)13-7-6-12(19)8-15(13)18(24)14-4-2-3-5-16(14)20/h2-9,23H,10H2,1H3. The molecule has 0 atom stereocenters. The first-order chi connectivity index (χ1) is 11.5. The van der Waals surface area contributed by atoms with E-state index >= 15 is 0 Å². The monoisotopic (exact) mass is 344 g/mol. The summed E-state index contributed by atoms with van der Waals surface area (Å²) in [6, 6.07) is 10.6. The van der Waals surface area contributed by atoms with E-state index in [9.17, 15) is 14.3 Å². The minimum absolute atomic E-state index is 0.0336. The topological polar surface area (TPSA) is 55.1 Å². The molecule has 0 aliphatic rings. The fourth-order valence-corrected chi connectivity index (χ4v) is 2.82. The lowest BCUT2D eigenvalue weighted by Crippen LogP contribution is -2.08. The van der Waals surface area contributed by atoms with Gasteiger partial charge in [-0.2, -0.15) is 5.10 Å². The lowest BCUT2D eigenvalue weighted by atomic mass is 9.95. The molecule has 6 heteroatoms. The molecule has 4 nitrogen and oxygen atoms in total. The maximum absolute atomic E-state index is 14.0. The van der Waals surface area contributed by atoms with Crippen LogP contribution in [-0.4, -0.2) is 20.7 Å². The number of aliphatic hydroxyl groups is 1. The molecule has 1 N–H and O–H groups in total. The molecule has 0 amide bonds. The van der Waals surface area contributed by atoms with Crippen LogP contribution in [0.5, 0.6) is 0 Å². The maximum atomic E-state index is 14.0. The quantitative estimate of drug-likeness (QED) is 0.736. The number of ketones is 1. The van der Waals surface area contributed by atoms with Crippen molar-refractivity contribution >= 4 is 17.4 Å². The van der Waals surface area contributed by atoms with E-state index in [1.807, 2.05) is 0 Å². The van der Waals surface area contributed by atoms with Crippen molar-refractivity contribution in [1.29, 1.82) is 0 Å². The zero-order chi connectivity index (χ0) is 17.3. The van der Waals surface area contributed by atoms with Gasteiger partial charge in [0, 0.05) is 28.8 Å². The van der Waals surface area contributed by atoms with Gasteiger partial charge in [0.15, 0.2) is 5.78 Å². The number of aliphatic hydroxyl groups excluding tert-OH is 1. The number of halogens is 2. The molecule has 0 unspecified atom stereocenters. The lowest BCUT2D eigenvalue weighted by molar-refractivity contribution is 0.103. The first-order valence-electron chi connectivity index (χ1n) is 7.23. The second-order valence-corrected chi connectivity index (χ2v) is 5.74. The van der Waals surface area contributed by atoms with E-state index in [2.05, 4.69) is 5.10 Å². The van der Waals surface area contributed by atoms with Crippen LogP contribution >= 0.6 is 11.6 Å². The number of aromatic nitrogens is 2. The fourth-order valence-electron chi connectivity index (χ4n) is 2.65. The van der Waals surface area contributed by atoms with Gasteiger partial charge in [-0.05, 0) is 24.3 Å². The molecule has 0 bridgehead atoms. The average Bonchev–Trinajstić information content (AvgIpc) is 2.95. The second kappa shape index (κ2) is 6.55. The van der Waals surface area contributed by atoms with Gasteiger partial charge >= 0.3 is 0 Å². The summed E-state index contributed by atoms with van der Waals surface area (Å²) in [5, 5.41) is 14.0. The number of hydrogen-bond donors (Lipinski definition) is 1. The molecule has 1 heterocycles. The second-order valence-electron chi connectivity index (χ2n) is 5.30. The molecule has 0 saturated heterocycles. The highest BCUT2D eigenvalue weighted by Crippen LogP contribution is 2.31. The van der Waals surface area contributed by atoms with Gasteiger partial charge in [0.05, 0.1) is 24.1 Å². The molecular formula is C18H14ClFN2O2. The van der Waals surface area contributed by atoms with Crippen molar-refractivity contribution in [2.45, 2.75) is 6.61 Å². The third-order valence-electron chi connectivity index (χ3n) is 3.78. The number of aryl methyl sites for hydroxylation is 1. The van der Waals surface area contributed by atoms with Crippen molar-refractivity contribution in [3.63, 3.8) is 0 Å². The van der Waals surface area contributed by atoms with Crippen molar-refractivity contribution in [3.8, 4) is 11.3 Å². The molecule has 0 aliphatic heterocycles. The molecule has 0 spiro atoms. The van der Waals surface area contributed by atoms with E-state index in [1.54, 1.807) is 29.9 Å². The van der Waals surface area contributed by atoms with E-state index < -0.39 is 11.6 Å². The molecule has 0 aliphatic carbocycles. The summed E-state index contributed by atoms with van der Waals surface area (Å²) < 4.78 is 15.6. The third-order valence-corrected chi connectivity index (χ3v) is 4.02. The van der Waals surface area contributed by atoms with Gasteiger partial charge in [-0.1, -0.05) is 29.8 Å². The highest BCUT2D eigenvalue weighted by atomic mass is 35.5. The Kier molecular flexibility index (Phi) is 4.46. The Morgan fingerprint density at radius 1 is 1.25 bits per heavy atom. The van der Waals surface area contributed by atoms with Crippen LogP contribution in [0.2, 0.25) is 5.02 Å². The zero-order valence-electron chi connectivity index (χ0n) is 12.8. The first kappa shape index (κ1) is 16.4. The Balaban J connectivity index is 2.22. The molecule has 122 valence electrons. The summed E-state index contributed by atoms with van der Waals surface area (Å²) in [6.07, 6.45) is 1.53. The molecule has 1 aromatic heterocycles. The molecule has 3 rings (SSSR count). The zero-order valence-corrected chi connectivity index (χ0v) is 13.6. The van der Waals surface area contributed by atoms with Gasteiger partial charge in [-0.15, -0.1) is 0 Å². The van der Waals surface area contributed by atoms with Gasteiger partial charge in [0.2, 0.25) is 0 Å². The number of carbonyl (C=O) groups is 1. The highest BCUT2D eigenvalue weighted by Gasteiger charge is 2.21. The summed E-state index contributed by atoms with van der Waals surface area (Å²) in [7, 11) is 1.71. The number of rotatable bonds is 4. The number of nitrogens with zero attached hydrogens (tertiary/aromatic N) is 2. The van der Waals surface area contributed by atoms with E-state index in [0.29, 0.717) is 21.8 Å². The van der Waals surface area contributed by atoms with Crippen LogP contribution in [0, 0.1) is 5.82 Å². The largest absolute Gasteiger partial charge is 0.392 e. The number of hydrogen-bond acceptors (Lipinski definition) is 3. The number of benzene rings is 2. The minimum atomic E-state index is -0.596. The van der Waals surface area contributed by atoms with Gasteiger partial charge in [0.1, 0.15) is 5.82 Å². The van der Waals surface area contributed by atoms with Gasteiger partial charge in [-0.3, -0.25) is 9.48 Å². The Morgan fingerprint density at radius 3 is 2.71 bits per heavy atom. The molecule has 0 radical (unpaired) electrons. The molecule has 0 saturated carbocycles. The van der Waals surface area contributed by atoms with E-state index in [1.165, 1.54) is 30.5 Å². The highest BCUT2D eigenvalue weighted by molar-refractivity contribution is 6.31. The summed E-state index contributed by atoms with van der Waals surface area (Å²) in [5.74, 6) is -1.07. The minimum Gasteiger partial charge on any atom is -0.392 e. The Hall–Kier alpha value is -2.50. The van der Waals surface area contributed by atoms with E-state index in [4.69, 9.17) is 11.6 Å². The first-order valence-corrected chi connectivity index (χ1v) is 7.61. The van der Waals surface area contributed by atoms with Crippen LogP contribution in [0.3, 0.4) is 0 Å². The van der Waals surface area contributed by atoms with Crippen molar-refractivity contribution in [1.82, 2.24) is 9.78 Å². The van der Waals surface area contributed by atoms with E-state index in [0.717, 1.165) is 0 Å². The summed E-state index contributed by atoms with van der Waals surface area (Å²) in [5.41, 5.74) is 1.92. The van der Waals surface area contributed by atoms with Gasteiger partial charge in [-0.25, -0.2) is 4.39 Å². The molecule has 3 aromatic rings. The summed E-state index contributed by atoms with van der Waals surface area (Å²) in [4.78, 5) is 12.9. The fraction of sp³-hybridized carbons (Fsp3) is 0.111. The Bertz CT molecular complexity index is 921.